The first kappa shape index (κ1) is 16.3. The maximum absolute atomic E-state index is 12.1. The van der Waals surface area contributed by atoms with Crippen molar-refractivity contribution in [3.05, 3.63) is 0 Å². The summed E-state index contributed by atoms with van der Waals surface area (Å²) in [5.74, 6) is 1.16. The molecule has 6 nitrogen and oxygen atoms in total. The van der Waals surface area contributed by atoms with E-state index in [2.05, 4.69) is 23.1 Å². The molecule has 0 saturated carbocycles. The predicted octanol–water partition coefficient (Wildman–Crippen LogP) is 0.589. The summed E-state index contributed by atoms with van der Waals surface area (Å²) in [4.78, 5) is 27.0. The van der Waals surface area contributed by atoms with E-state index >= 15 is 0 Å². The predicted molar refractivity (Wildman–Crippen MR) is 76.3 cm³/mol. The molecule has 0 bridgehead atoms. The van der Waals surface area contributed by atoms with Crippen molar-refractivity contribution < 1.29 is 14.7 Å². The van der Waals surface area contributed by atoms with Crippen molar-refractivity contribution in [1.82, 2.24) is 15.1 Å². The highest BCUT2D eigenvalue weighted by Gasteiger charge is 2.27. The number of piperidine rings is 1. The lowest BCUT2D eigenvalue weighted by Crippen LogP contribution is -2.52. The topological polar surface area (TPSA) is 72.9 Å². The van der Waals surface area contributed by atoms with Crippen LogP contribution in [-0.4, -0.2) is 65.7 Å². The highest BCUT2D eigenvalue weighted by Crippen LogP contribution is 2.15. The van der Waals surface area contributed by atoms with Gasteiger partial charge in [0.05, 0.1) is 0 Å². The number of carbonyl (C=O) groups excluding carboxylic acids is 1. The van der Waals surface area contributed by atoms with Crippen molar-refractivity contribution in [2.24, 2.45) is 0 Å². The Morgan fingerprint density at radius 1 is 1.50 bits per heavy atom. The van der Waals surface area contributed by atoms with Crippen molar-refractivity contribution >= 4 is 12.0 Å². The summed E-state index contributed by atoms with van der Waals surface area (Å²) in [6.45, 7) is 5.07. The number of terminal acetylenes is 1. The van der Waals surface area contributed by atoms with Gasteiger partial charge in [0.25, 0.3) is 0 Å². The molecule has 1 fully saturated rings. The number of carbonyl (C=O) groups is 2. The molecular weight excluding hydrogens is 258 g/mol. The molecule has 0 spiro atoms. The lowest BCUT2D eigenvalue weighted by molar-refractivity contribution is -0.139. The maximum Gasteiger partial charge on any atom is 0.327 e. The van der Waals surface area contributed by atoms with E-state index in [9.17, 15) is 9.59 Å². The quantitative estimate of drug-likeness (QED) is 0.723. The Bertz CT molecular complexity index is 384. The van der Waals surface area contributed by atoms with Gasteiger partial charge in [0.15, 0.2) is 0 Å². The van der Waals surface area contributed by atoms with Gasteiger partial charge in [-0.15, -0.1) is 12.3 Å². The maximum atomic E-state index is 12.1. The van der Waals surface area contributed by atoms with E-state index in [-0.39, 0.29) is 18.5 Å². The van der Waals surface area contributed by atoms with Crippen molar-refractivity contribution in [2.75, 3.05) is 26.7 Å². The number of rotatable bonds is 5. The lowest BCUT2D eigenvalue weighted by Gasteiger charge is -2.36. The second-order valence-corrected chi connectivity index (χ2v) is 5.02. The minimum atomic E-state index is -1.11. The fourth-order valence-electron chi connectivity index (χ4n) is 2.36. The van der Waals surface area contributed by atoms with Crippen molar-refractivity contribution in [2.45, 2.75) is 38.3 Å². The van der Waals surface area contributed by atoms with Gasteiger partial charge in [-0.25, -0.2) is 9.59 Å². The number of amides is 2. The lowest BCUT2D eigenvalue weighted by atomic mass is 10.0. The Kier molecular flexibility index (Phi) is 6.32. The second kappa shape index (κ2) is 7.75. The molecule has 2 N–H and O–H groups in total. The number of hydrogen-bond acceptors (Lipinski definition) is 3. The highest BCUT2D eigenvalue weighted by molar-refractivity contribution is 5.82. The summed E-state index contributed by atoms with van der Waals surface area (Å²) < 4.78 is 0. The van der Waals surface area contributed by atoms with Gasteiger partial charge in [-0.05, 0) is 19.4 Å². The molecule has 0 aromatic rings. The Balaban J connectivity index is 2.50. The molecule has 20 heavy (non-hydrogen) atoms. The smallest absolute Gasteiger partial charge is 0.327 e. The highest BCUT2D eigenvalue weighted by atomic mass is 16.4. The van der Waals surface area contributed by atoms with Crippen LogP contribution in [0.1, 0.15) is 26.2 Å². The van der Waals surface area contributed by atoms with Crippen LogP contribution in [0.5, 0.6) is 0 Å². The zero-order valence-electron chi connectivity index (χ0n) is 12.1. The number of hydrogen-bond donors (Lipinski definition) is 2. The molecule has 0 aromatic carbocycles. The summed E-state index contributed by atoms with van der Waals surface area (Å²) in [7, 11) is 1.70. The molecular formula is C14H23N3O3. The van der Waals surface area contributed by atoms with Gasteiger partial charge in [-0.2, -0.15) is 0 Å². The molecule has 112 valence electrons. The molecule has 1 atom stereocenters. The molecule has 1 aliphatic heterocycles. The number of nitrogens with one attached hydrogen (secondary N) is 1. The summed E-state index contributed by atoms with van der Waals surface area (Å²) >= 11 is 0. The van der Waals surface area contributed by atoms with Gasteiger partial charge in [0.2, 0.25) is 0 Å². The molecule has 1 heterocycles. The van der Waals surface area contributed by atoms with Crippen LogP contribution in [0.15, 0.2) is 0 Å². The average Bonchev–Trinajstić information content (AvgIpc) is 2.45. The fourth-order valence-corrected chi connectivity index (χ4v) is 2.36. The molecule has 1 unspecified atom stereocenters. The van der Waals surface area contributed by atoms with Crippen LogP contribution in [0.25, 0.3) is 0 Å². The van der Waals surface area contributed by atoms with E-state index in [0.717, 1.165) is 32.5 Å². The van der Waals surface area contributed by atoms with Gasteiger partial charge in [0.1, 0.15) is 6.04 Å². The van der Waals surface area contributed by atoms with Gasteiger partial charge in [-0.3, -0.25) is 0 Å². The van der Waals surface area contributed by atoms with E-state index in [1.165, 1.54) is 0 Å². The first-order valence-corrected chi connectivity index (χ1v) is 6.91. The molecule has 1 saturated heterocycles. The summed E-state index contributed by atoms with van der Waals surface area (Å²) in [6.07, 6.45) is 6.91. The molecule has 1 aliphatic rings. The van der Waals surface area contributed by atoms with E-state index < -0.39 is 12.0 Å². The number of aliphatic carboxylic acids is 1. The first-order chi connectivity index (χ1) is 9.49. The largest absolute Gasteiger partial charge is 0.480 e. The van der Waals surface area contributed by atoms with Crippen LogP contribution in [0.2, 0.25) is 0 Å². The van der Waals surface area contributed by atoms with E-state index in [4.69, 9.17) is 11.5 Å². The molecule has 2 amide bonds. The van der Waals surface area contributed by atoms with Gasteiger partial charge >= 0.3 is 12.0 Å². The van der Waals surface area contributed by atoms with Crippen LogP contribution in [0.3, 0.4) is 0 Å². The average molecular weight is 281 g/mol. The molecule has 0 radical (unpaired) electrons. The number of nitrogens with zero attached hydrogens (tertiary/aromatic N) is 2. The minimum Gasteiger partial charge on any atom is -0.480 e. The third-order valence-electron chi connectivity index (χ3n) is 3.79. The summed E-state index contributed by atoms with van der Waals surface area (Å²) in [6, 6.07) is -1.24. The molecule has 1 rings (SSSR count). The van der Waals surface area contributed by atoms with Crippen LogP contribution >= 0.6 is 0 Å². The second-order valence-electron chi connectivity index (χ2n) is 5.02. The number of carboxylic acids is 1. The van der Waals surface area contributed by atoms with Crippen LogP contribution in [0, 0.1) is 12.3 Å². The van der Waals surface area contributed by atoms with Gasteiger partial charge in [0, 0.05) is 32.6 Å². The van der Waals surface area contributed by atoms with E-state index in [0.29, 0.717) is 0 Å². The van der Waals surface area contributed by atoms with Gasteiger partial charge in [-0.1, -0.05) is 6.92 Å². The zero-order chi connectivity index (χ0) is 15.1. The van der Waals surface area contributed by atoms with Crippen molar-refractivity contribution in [1.29, 1.82) is 0 Å². The SMILES string of the molecule is C#CCC(NC(=O)N(C)C1CCN(CC)CC1)C(=O)O. The van der Waals surface area contributed by atoms with Crippen molar-refractivity contribution in [3.8, 4) is 12.3 Å². The number of urea groups is 1. The van der Waals surface area contributed by atoms with Crippen LogP contribution in [0.4, 0.5) is 4.79 Å². The summed E-state index contributed by atoms with van der Waals surface area (Å²) in [5.41, 5.74) is 0. The van der Waals surface area contributed by atoms with E-state index in [1.54, 1.807) is 11.9 Å². The molecule has 0 aromatic heterocycles. The Hall–Kier alpha value is -1.74. The monoisotopic (exact) mass is 281 g/mol. The first-order valence-electron chi connectivity index (χ1n) is 6.91. The normalized spacial score (nSPS) is 18.1. The fraction of sp³-hybridized carbons (Fsp3) is 0.714. The third-order valence-corrected chi connectivity index (χ3v) is 3.79. The van der Waals surface area contributed by atoms with Crippen molar-refractivity contribution in [3.63, 3.8) is 0 Å². The molecule has 6 heteroatoms. The number of carboxylic acid groups (broad SMARTS) is 1. The number of likely N-dealkylation sites (tertiary alicyclic amines) is 1. The molecule has 0 aliphatic carbocycles. The van der Waals surface area contributed by atoms with Crippen LogP contribution in [-0.2, 0) is 4.79 Å². The zero-order valence-corrected chi connectivity index (χ0v) is 12.1. The Morgan fingerprint density at radius 2 is 2.10 bits per heavy atom. The van der Waals surface area contributed by atoms with Gasteiger partial charge < -0.3 is 20.2 Å². The third kappa shape index (κ3) is 4.42. The van der Waals surface area contributed by atoms with E-state index in [1.807, 2.05) is 0 Å². The Morgan fingerprint density at radius 3 is 2.55 bits per heavy atom. The Labute approximate surface area is 120 Å². The van der Waals surface area contributed by atoms with Crippen LogP contribution < -0.4 is 5.32 Å². The minimum absolute atomic E-state index is 0.0107. The standard InChI is InChI=1S/C14H23N3O3/c1-4-6-12(13(18)19)15-14(20)16(3)11-7-9-17(5-2)10-8-11/h1,11-12H,5-10H2,2-3H3,(H,15,20)(H,18,19). The summed E-state index contributed by atoms with van der Waals surface area (Å²) in [5, 5.41) is 11.4.